The number of hydrogen-bond acceptors (Lipinski definition) is 1. The Morgan fingerprint density at radius 1 is 1.00 bits per heavy atom. The Morgan fingerprint density at radius 2 is 1.65 bits per heavy atom. The standard InChI is InChI=1S/C19H22O/c1-3-4-6-11-19(20-2)18-14-12-17(13-15-18)16-9-7-5-8-10-16/h3,5,7-10,12-15,19H,1,4,6,11H2,2H3. The fourth-order valence-corrected chi connectivity index (χ4v) is 2.39. The summed E-state index contributed by atoms with van der Waals surface area (Å²) in [6, 6.07) is 19.1. The van der Waals surface area contributed by atoms with Crippen molar-refractivity contribution in [1.29, 1.82) is 0 Å². The molecule has 1 heteroatoms. The van der Waals surface area contributed by atoms with Gasteiger partial charge in [0.2, 0.25) is 0 Å². The Bertz CT molecular complexity index is 513. The summed E-state index contributed by atoms with van der Waals surface area (Å²) in [6.07, 6.45) is 5.34. The smallest absolute Gasteiger partial charge is 0.0821 e. The van der Waals surface area contributed by atoms with Gasteiger partial charge < -0.3 is 4.74 Å². The molecule has 0 aromatic heterocycles. The highest BCUT2D eigenvalue weighted by Crippen LogP contribution is 2.26. The van der Waals surface area contributed by atoms with Crippen molar-refractivity contribution in [3.8, 4) is 11.1 Å². The van der Waals surface area contributed by atoms with Crippen molar-refractivity contribution in [2.45, 2.75) is 25.4 Å². The van der Waals surface area contributed by atoms with Crippen molar-refractivity contribution in [3.63, 3.8) is 0 Å². The van der Waals surface area contributed by atoms with Gasteiger partial charge in [0, 0.05) is 7.11 Å². The molecule has 2 aromatic rings. The second kappa shape index (κ2) is 7.66. The highest BCUT2D eigenvalue weighted by Gasteiger charge is 2.09. The van der Waals surface area contributed by atoms with E-state index in [0.29, 0.717) is 0 Å². The first-order valence-electron chi connectivity index (χ1n) is 7.14. The summed E-state index contributed by atoms with van der Waals surface area (Å²) in [7, 11) is 1.78. The fraction of sp³-hybridized carbons (Fsp3) is 0.263. The SMILES string of the molecule is C=CCCCC(OC)c1ccc(-c2ccccc2)cc1. The maximum atomic E-state index is 5.59. The maximum absolute atomic E-state index is 5.59. The number of hydrogen-bond donors (Lipinski definition) is 0. The van der Waals surface area contributed by atoms with E-state index in [2.05, 4.69) is 55.1 Å². The Morgan fingerprint density at radius 3 is 2.25 bits per heavy atom. The van der Waals surface area contributed by atoms with Gasteiger partial charge in [-0.3, -0.25) is 0 Å². The normalized spacial score (nSPS) is 12.1. The zero-order valence-corrected chi connectivity index (χ0v) is 12.1. The molecule has 0 saturated carbocycles. The average molecular weight is 266 g/mol. The van der Waals surface area contributed by atoms with Gasteiger partial charge in [0.25, 0.3) is 0 Å². The summed E-state index contributed by atoms with van der Waals surface area (Å²) in [5.41, 5.74) is 3.74. The molecule has 0 aliphatic carbocycles. The third kappa shape index (κ3) is 3.82. The lowest BCUT2D eigenvalue weighted by Crippen LogP contribution is -2.01. The van der Waals surface area contributed by atoms with Gasteiger partial charge in [0.15, 0.2) is 0 Å². The van der Waals surface area contributed by atoms with Crippen LogP contribution in [0.2, 0.25) is 0 Å². The molecular formula is C19H22O. The zero-order chi connectivity index (χ0) is 14.2. The molecular weight excluding hydrogens is 244 g/mol. The molecule has 0 N–H and O–H groups in total. The van der Waals surface area contributed by atoms with Crippen LogP contribution in [0.25, 0.3) is 11.1 Å². The Hall–Kier alpha value is -1.86. The van der Waals surface area contributed by atoms with Crippen LogP contribution in [0.5, 0.6) is 0 Å². The van der Waals surface area contributed by atoms with E-state index >= 15 is 0 Å². The average Bonchev–Trinajstić information content (AvgIpc) is 2.53. The predicted molar refractivity (Wildman–Crippen MR) is 85.7 cm³/mol. The Labute approximate surface area is 121 Å². The van der Waals surface area contributed by atoms with Crippen molar-refractivity contribution in [3.05, 3.63) is 72.8 Å². The van der Waals surface area contributed by atoms with Gasteiger partial charge in [-0.1, -0.05) is 60.7 Å². The minimum atomic E-state index is 0.180. The van der Waals surface area contributed by atoms with Crippen molar-refractivity contribution in [2.75, 3.05) is 7.11 Å². The monoisotopic (exact) mass is 266 g/mol. The van der Waals surface area contributed by atoms with E-state index in [-0.39, 0.29) is 6.10 Å². The number of methoxy groups -OCH3 is 1. The van der Waals surface area contributed by atoms with Crippen LogP contribution >= 0.6 is 0 Å². The molecule has 0 aliphatic heterocycles. The van der Waals surface area contributed by atoms with Gasteiger partial charge in [-0.25, -0.2) is 0 Å². The van der Waals surface area contributed by atoms with Crippen LogP contribution < -0.4 is 0 Å². The number of rotatable bonds is 7. The lowest BCUT2D eigenvalue weighted by Gasteiger charge is -2.16. The Kier molecular flexibility index (Phi) is 5.57. The van der Waals surface area contributed by atoms with E-state index < -0.39 is 0 Å². The molecule has 104 valence electrons. The molecule has 0 bridgehead atoms. The van der Waals surface area contributed by atoms with Crippen molar-refractivity contribution < 1.29 is 4.74 Å². The van der Waals surface area contributed by atoms with Gasteiger partial charge in [-0.05, 0) is 36.0 Å². The Balaban J connectivity index is 2.08. The van der Waals surface area contributed by atoms with E-state index in [0.717, 1.165) is 19.3 Å². The predicted octanol–water partition coefficient (Wildman–Crippen LogP) is 5.40. The molecule has 1 nitrogen and oxygen atoms in total. The van der Waals surface area contributed by atoms with Gasteiger partial charge >= 0.3 is 0 Å². The number of ether oxygens (including phenoxy) is 1. The van der Waals surface area contributed by atoms with Crippen LogP contribution in [0.3, 0.4) is 0 Å². The third-order valence-electron chi connectivity index (χ3n) is 3.55. The quantitative estimate of drug-likeness (QED) is 0.482. The van der Waals surface area contributed by atoms with E-state index in [1.165, 1.54) is 16.7 Å². The lowest BCUT2D eigenvalue weighted by atomic mass is 9.99. The molecule has 1 unspecified atom stereocenters. The second-order valence-electron chi connectivity index (χ2n) is 4.93. The molecule has 2 aromatic carbocycles. The van der Waals surface area contributed by atoms with Gasteiger partial charge in [0.1, 0.15) is 0 Å². The molecule has 0 saturated heterocycles. The van der Waals surface area contributed by atoms with Crippen LogP contribution in [-0.4, -0.2) is 7.11 Å². The minimum absolute atomic E-state index is 0.180. The first kappa shape index (κ1) is 14.5. The first-order chi connectivity index (χ1) is 9.85. The summed E-state index contributed by atoms with van der Waals surface area (Å²) in [5.74, 6) is 0. The topological polar surface area (TPSA) is 9.23 Å². The number of benzene rings is 2. The molecule has 0 radical (unpaired) electrons. The van der Waals surface area contributed by atoms with Crippen LogP contribution in [0, 0.1) is 0 Å². The summed E-state index contributed by atoms with van der Waals surface area (Å²) in [5, 5.41) is 0. The zero-order valence-electron chi connectivity index (χ0n) is 12.1. The number of allylic oxidation sites excluding steroid dienone is 1. The summed E-state index contributed by atoms with van der Waals surface area (Å²) in [4.78, 5) is 0. The molecule has 1 atom stereocenters. The second-order valence-corrected chi connectivity index (χ2v) is 4.93. The maximum Gasteiger partial charge on any atom is 0.0821 e. The van der Waals surface area contributed by atoms with Crippen LogP contribution in [0.15, 0.2) is 67.3 Å². The van der Waals surface area contributed by atoms with E-state index in [1.54, 1.807) is 7.11 Å². The highest BCUT2D eigenvalue weighted by molar-refractivity contribution is 5.63. The van der Waals surface area contributed by atoms with E-state index in [4.69, 9.17) is 4.74 Å². The van der Waals surface area contributed by atoms with Gasteiger partial charge in [-0.2, -0.15) is 0 Å². The van der Waals surface area contributed by atoms with Crippen LogP contribution in [0.4, 0.5) is 0 Å². The van der Waals surface area contributed by atoms with Gasteiger partial charge in [-0.15, -0.1) is 6.58 Å². The summed E-state index contributed by atoms with van der Waals surface area (Å²) in [6.45, 7) is 3.76. The van der Waals surface area contributed by atoms with E-state index in [9.17, 15) is 0 Å². The number of unbranched alkanes of at least 4 members (excludes halogenated alkanes) is 1. The van der Waals surface area contributed by atoms with Gasteiger partial charge in [0.05, 0.1) is 6.10 Å². The molecule has 0 spiro atoms. The van der Waals surface area contributed by atoms with Crippen LogP contribution in [-0.2, 0) is 4.74 Å². The largest absolute Gasteiger partial charge is 0.377 e. The molecule has 0 fully saturated rings. The highest BCUT2D eigenvalue weighted by atomic mass is 16.5. The molecule has 0 heterocycles. The lowest BCUT2D eigenvalue weighted by molar-refractivity contribution is 0.0940. The van der Waals surface area contributed by atoms with Crippen LogP contribution in [0.1, 0.15) is 30.9 Å². The molecule has 0 amide bonds. The molecule has 0 aliphatic rings. The minimum Gasteiger partial charge on any atom is -0.377 e. The fourth-order valence-electron chi connectivity index (χ4n) is 2.39. The van der Waals surface area contributed by atoms with Crippen molar-refractivity contribution in [1.82, 2.24) is 0 Å². The summed E-state index contributed by atoms with van der Waals surface area (Å²) >= 11 is 0. The molecule has 2 rings (SSSR count). The van der Waals surface area contributed by atoms with Crippen molar-refractivity contribution in [2.24, 2.45) is 0 Å². The van der Waals surface area contributed by atoms with E-state index in [1.807, 2.05) is 12.1 Å². The summed E-state index contributed by atoms with van der Waals surface area (Å²) < 4.78 is 5.59. The molecule has 20 heavy (non-hydrogen) atoms. The first-order valence-corrected chi connectivity index (χ1v) is 7.14. The van der Waals surface area contributed by atoms with Crippen molar-refractivity contribution >= 4 is 0 Å². The third-order valence-corrected chi connectivity index (χ3v) is 3.55.